The van der Waals surface area contributed by atoms with E-state index in [1.165, 1.54) is 0 Å². The Bertz CT molecular complexity index is 2040. The fourth-order valence-electron chi connectivity index (χ4n) is 5.92. The molecule has 1 fully saturated rings. The van der Waals surface area contributed by atoms with Gasteiger partial charge < -0.3 is 20.4 Å². The first-order chi connectivity index (χ1) is 22.5. The minimum Gasteiger partial charge on any atom is -0.354 e. The smallest absolute Gasteiger partial charge is 0.248 e. The quantitative estimate of drug-likeness (QED) is 0.200. The van der Waals surface area contributed by atoms with Crippen LogP contribution < -0.4 is 15.5 Å². The summed E-state index contributed by atoms with van der Waals surface area (Å²) in [6, 6.07) is 26.3. The summed E-state index contributed by atoms with van der Waals surface area (Å²) in [5.41, 5.74) is 5.46. The highest BCUT2D eigenvalue weighted by molar-refractivity contribution is 6.02. The van der Waals surface area contributed by atoms with E-state index in [2.05, 4.69) is 38.7 Å². The largest absolute Gasteiger partial charge is 0.354 e. The fourth-order valence-corrected chi connectivity index (χ4v) is 5.92. The van der Waals surface area contributed by atoms with E-state index in [0.29, 0.717) is 12.5 Å². The van der Waals surface area contributed by atoms with Crippen molar-refractivity contribution in [1.29, 1.82) is 0 Å². The van der Waals surface area contributed by atoms with E-state index < -0.39 is 0 Å². The van der Waals surface area contributed by atoms with Crippen molar-refractivity contribution >= 4 is 39.6 Å². The number of aromatic nitrogens is 5. The first kappa shape index (κ1) is 29.1. The summed E-state index contributed by atoms with van der Waals surface area (Å²) in [5, 5.41) is 13.5. The minimum absolute atomic E-state index is 0.145. The number of carbonyl (C=O) groups is 1. The third-order valence-corrected chi connectivity index (χ3v) is 8.07. The van der Waals surface area contributed by atoms with E-state index >= 15 is 0 Å². The van der Waals surface area contributed by atoms with Crippen molar-refractivity contribution in [2.24, 2.45) is 0 Å². The van der Waals surface area contributed by atoms with Gasteiger partial charge in [0.25, 0.3) is 0 Å². The van der Waals surface area contributed by atoms with Crippen LogP contribution in [0.25, 0.3) is 38.8 Å². The number of rotatable bonds is 9. The van der Waals surface area contributed by atoms with Crippen LogP contribution in [0.3, 0.4) is 0 Å². The Hall–Kier alpha value is -5.61. The van der Waals surface area contributed by atoms with Gasteiger partial charge in [-0.25, -0.2) is 19.5 Å². The highest BCUT2D eigenvalue weighted by atomic mass is 16.1. The van der Waals surface area contributed by atoms with E-state index in [9.17, 15) is 4.79 Å². The van der Waals surface area contributed by atoms with Gasteiger partial charge in [0.05, 0.1) is 16.8 Å². The molecule has 0 bridgehead atoms. The van der Waals surface area contributed by atoms with Crippen LogP contribution in [0.15, 0.2) is 110 Å². The standard InChI is InChI=1S/C36H35N9O/c1-43(2)20-8-12-32(46)39-27-13-14-29-26(23-27)15-18-37-35(29)44-22-17-28(24-44)40-36-38-19-16-30(41-36)33-31-11-6-7-21-45(31)42-34(33)25-9-4-3-5-10-25/h3-16,18-19,21,23,28H,17,20,22,24H2,1-2H3,(H,39,46)(H,38,40,41)/b12-8+/t28-/m0/s1. The van der Waals surface area contributed by atoms with Gasteiger partial charge in [-0.05, 0) is 68.4 Å². The Morgan fingerprint density at radius 2 is 1.85 bits per heavy atom. The number of nitrogens with zero attached hydrogens (tertiary/aromatic N) is 7. The van der Waals surface area contributed by atoms with E-state index in [-0.39, 0.29) is 11.9 Å². The van der Waals surface area contributed by atoms with E-state index in [4.69, 9.17) is 15.1 Å². The summed E-state index contributed by atoms with van der Waals surface area (Å²) in [4.78, 5) is 31.0. The molecule has 1 aliphatic heterocycles. The molecule has 1 atom stereocenters. The molecule has 46 heavy (non-hydrogen) atoms. The van der Waals surface area contributed by atoms with Crippen LogP contribution >= 0.6 is 0 Å². The Morgan fingerprint density at radius 1 is 1.00 bits per heavy atom. The Kier molecular flexibility index (Phi) is 8.09. The number of benzene rings is 2. The molecule has 2 N–H and O–H groups in total. The summed E-state index contributed by atoms with van der Waals surface area (Å²) in [5.74, 6) is 1.37. The lowest BCUT2D eigenvalue weighted by molar-refractivity contribution is -0.111. The fraction of sp³-hybridized carbons (Fsp3) is 0.194. The number of hydrogen-bond donors (Lipinski definition) is 2. The van der Waals surface area contributed by atoms with Crippen molar-refractivity contribution in [3.63, 3.8) is 0 Å². The van der Waals surface area contributed by atoms with Crippen LogP contribution in [0.2, 0.25) is 0 Å². The van der Waals surface area contributed by atoms with Crippen molar-refractivity contribution < 1.29 is 4.79 Å². The summed E-state index contributed by atoms with van der Waals surface area (Å²) in [6.07, 6.45) is 9.93. The maximum Gasteiger partial charge on any atom is 0.248 e. The molecule has 7 rings (SSSR count). The Labute approximate surface area is 267 Å². The zero-order valence-electron chi connectivity index (χ0n) is 25.8. The molecule has 1 aliphatic rings. The second-order valence-corrected chi connectivity index (χ2v) is 11.7. The van der Waals surface area contributed by atoms with Crippen LogP contribution in [0.4, 0.5) is 17.5 Å². The molecule has 0 radical (unpaired) electrons. The SMILES string of the molecule is CN(C)C/C=C/C(=O)Nc1ccc2c(N3CC[C@H](Nc4nccc(-c5c(-c6ccccc6)nn6ccccc56)n4)C3)nccc2c1. The molecule has 10 heteroatoms. The average Bonchev–Trinajstić information content (AvgIpc) is 3.70. The monoisotopic (exact) mass is 609 g/mol. The Balaban J connectivity index is 1.08. The first-order valence-electron chi connectivity index (χ1n) is 15.4. The third kappa shape index (κ3) is 6.15. The molecule has 2 aromatic carbocycles. The van der Waals surface area contributed by atoms with Gasteiger partial charge in [-0.1, -0.05) is 42.5 Å². The molecule has 10 nitrogen and oxygen atoms in total. The van der Waals surface area contributed by atoms with Crippen LogP contribution in [-0.4, -0.2) is 75.1 Å². The van der Waals surface area contributed by atoms with Crippen LogP contribution in [-0.2, 0) is 4.79 Å². The van der Waals surface area contributed by atoms with Crippen molar-refractivity contribution in [3.05, 3.63) is 110 Å². The van der Waals surface area contributed by atoms with Crippen molar-refractivity contribution in [1.82, 2.24) is 29.5 Å². The van der Waals surface area contributed by atoms with Crippen LogP contribution in [0, 0.1) is 0 Å². The average molecular weight is 610 g/mol. The van der Waals surface area contributed by atoms with Crippen LogP contribution in [0.5, 0.6) is 0 Å². The molecule has 5 heterocycles. The normalized spacial score (nSPS) is 14.9. The predicted octanol–water partition coefficient (Wildman–Crippen LogP) is 5.75. The lowest BCUT2D eigenvalue weighted by Crippen LogP contribution is -2.27. The van der Waals surface area contributed by atoms with Gasteiger partial charge in [-0.2, -0.15) is 5.10 Å². The summed E-state index contributed by atoms with van der Waals surface area (Å²) >= 11 is 0. The number of nitrogens with one attached hydrogen (secondary N) is 2. The van der Waals surface area contributed by atoms with Gasteiger partial charge in [0.2, 0.25) is 11.9 Å². The van der Waals surface area contributed by atoms with Gasteiger partial charge in [0, 0.05) is 67.0 Å². The number of amides is 1. The van der Waals surface area contributed by atoms with Crippen LogP contribution in [0.1, 0.15) is 6.42 Å². The third-order valence-electron chi connectivity index (χ3n) is 8.07. The van der Waals surface area contributed by atoms with E-state index in [1.54, 1.807) is 12.3 Å². The van der Waals surface area contributed by atoms with Gasteiger partial charge in [-0.3, -0.25) is 4.79 Å². The van der Waals surface area contributed by atoms with Gasteiger partial charge in [0.15, 0.2) is 0 Å². The summed E-state index contributed by atoms with van der Waals surface area (Å²) in [7, 11) is 3.93. The van der Waals surface area contributed by atoms with Crippen molar-refractivity contribution in [2.45, 2.75) is 12.5 Å². The molecule has 6 aromatic rings. The maximum absolute atomic E-state index is 12.4. The number of carbonyl (C=O) groups excluding carboxylic acids is 1. The lowest BCUT2D eigenvalue weighted by Gasteiger charge is -2.20. The number of hydrogen-bond acceptors (Lipinski definition) is 8. The zero-order chi connectivity index (χ0) is 31.5. The number of likely N-dealkylation sites (N-methyl/N-ethyl adjacent to an activating group) is 1. The molecule has 0 saturated carbocycles. The van der Waals surface area contributed by atoms with E-state index in [0.717, 1.165) is 69.8 Å². The summed E-state index contributed by atoms with van der Waals surface area (Å²) in [6.45, 7) is 2.33. The molecule has 230 valence electrons. The van der Waals surface area contributed by atoms with Crippen molar-refractivity contribution in [2.75, 3.05) is 49.3 Å². The minimum atomic E-state index is -0.145. The van der Waals surface area contributed by atoms with Crippen molar-refractivity contribution in [3.8, 4) is 22.5 Å². The molecular formula is C36H35N9O. The number of fused-ring (bicyclic) bond motifs is 2. The second kappa shape index (κ2) is 12.8. The van der Waals surface area contributed by atoms with Gasteiger partial charge in [-0.15, -0.1) is 0 Å². The molecule has 0 unspecified atom stereocenters. The lowest BCUT2D eigenvalue weighted by atomic mass is 10.0. The first-order valence-corrected chi connectivity index (χ1v) is 15.4. The van der Waals surface area contributed by atoms with Gasteiger partial charge in [0.1, 0.15) is 11.5 Å². The maximum atomic E-state index is 12.4. The highest BCUT2D eigenvalue weighted by Crippen LogP contribution is 2.35. The second-order valence-electron chi connectivity index (χ2n) is 11.7. The Morgan fingerprint density at radius 3 is 2.72 bits per heavy atom. The predicted molar refractivity (Wildman–Crippen MR) is 184 cm³/mol. The molecular weight excluding hydrogens is 574 g/mol. The molecule has 4 aromatic heterocycles. The van der Waals surface area contributed by atoms with E-state index in [1.807, 2.05) is 103 Å². The van der Waals surface area contributed by atoms with Gasteiger partial charge >= 0.3 is 0 Å². The number of anilines is 3. The molecule has 0 aliphatic carbocycles. The highest BCUT2D eigenvalue weighted by Gasteiger charge is 2.26. The molecule has 1 amide bonds. The zero-order valence-corrected chi connectivity index (χ0v) is 25.8. The topological polar surface area (TPSA) is 104 Å². The molecule has 0 spiro atoms. The number of pyridine rings is 2. The molecule has 1 saturated heterocycles. The summed E-state index contributed by atoms with van der Waals surface area (Å²) < 4.78 is 1.90.